The van der Waals surface area contributed by atoms with Gasteiger partial charge in [0.25, 0.3) is 0 Å². The highest BCUT2D eigenvalue weighted by Gasteiger charge is 2.56. The van der Waals surface area contributed by atoms with Gasteiger partial charge < -0.3 is 20.7 Å². The minimum Gasteiger partial charge on any atom is -0.444 e. The van der Waals surface area contributed by atoms with Gasteiger partial charge in [-0.2, -0.15) is 5.26 Å². The van der Waals surface area contributed by atoms with Crippen LogP contribution >= 0.6 is 0 Å². The minimum atomic E-state index is -0.486. The third kappa shape index (κ3) is 3.36. The summed E-state index contributed by atoms with van der Waals surface area (Å²) in [5.41, 5.74) is 2.12. The number of nitrogens with one attached hydrogen (secondary N) is 3. The van der Waals surface area contributed by atoms with E-state index in [2.05, 4.69) is 27.0 Å². The first-order valence-corrected chi connectivity index (χ1v) is 11.2. The molecule has 3 N–H and O–H groups in total. The first-order chi connectivity index (χ1) is 14.3. The molecule has 4 bridgehead atoms. The van der Waals surface area contributed by atoms with Crippen molar-refractivity contribution in [1.82, 2.24) is 10.3 Å². The van der Waals surface area contributed by atoms with Crippen LogP contribution in [0.3, 0.4) is 0 Å². The topological polar surface area (TPSA) is 99.1 Å². The number of alkyl carbamates (subject to hydrolysis) is 1. The summed E-state index contributed by atoms with van der Waals surface area (Å²) in [6.45, 7) is 6.58. The van der Waals surface area contributed by atoms with Crippen LogP contribution in [0.5, 0.6) is 0 Å². The molecule has 5 aliphatic rings. The fraction of sp³-hybridized carbons (Fsp3) is 0.696. The average Bonchev–Trinajstić information content (AvgIpc) is 3.11. The number of hydrogen-bond donors (Lipinski definition) is 3. The zero-order valence-corrected chi connectivity index (χ0v) is 18.0. The quantitative estimate of drug-likeness (QED) is 0.702. The van der Waals surface area contributed by atoms with Crippen LogP contribution in [0.2, 0.25) is 0 Å². The van der Waals surface area contributed by atoms with Crippen LogP contribution < -0.4 is 16.0 Å². The Balaban J connectivity index is 1.36. The largest absolute Gasteiger partial charge is 0.444 e. The molecule has 4 saturated carbocycles. The Morgan fingerprint density at radius 2 is 2.03 bits per heavy atom. The molecule has 0 spiro atoms. The van der Waals surface area contributed by atoms with Gasteiger partial charge in [0.15, 0.2) is 0 Å². The van der Waals surface area contributed by atoms with Gasteiger partial charge in [-0.1, -0.05) is 0 Å². The molecule has 4 aliphatic carbocycles. The molecule has 2 unspecified atom stereocenters. The van der Waals surface area contributed by atoms with E-state index in [1.165, 1.54) is 12.8 Å². The summed E-state index contributed by atoms with van der Waals surface area (Å²) < 4.78 is 5.56. The summed E-state index contributed by atoms with van der Waals surface area (Å²) in [6, 6.07) is 2.67. The SMILES string of the molecule is CC(C)(C)OC(=O)NC12CC3CC(C1)C(Nc1c(C#N)cnc4c1CCN4)C(C3)C2. The molecule has 2 atom stereocenters. The second-order valence-electron chi connectivity index (χ2n) is 10.7. The molecule has 1 aromatic heterocycles. The lowest BCUT2D eigenvalue weighted by atomic mass is 9.51. The van der Waals surface area contributed by atoms with Gasteiger partial charge in [0.2, 0.25) is 0 Å². The maximum Gasteiger partial charge on any atom is 0.408 e. The molecule has 160 valence electrons. The van der Waals surface area contributed by atoms with Crippen molar-refractivity contribution in [3.05, 3.63) is 17.3 Å². The number of ether oxygens (including phenoxy) is 1. The molecule has 7 nitrogen and oxygen atoms in total. The van der Waals surface area contributed by atoms with Crippen molar-refractivity contribution < 1.29 is 9.53 Å². The summed E-state index contributed by atoms with van der Waals surface area (Å²) in [4.78, 5) is 16.9. The van der Waals surface area contributed by atoms with E-state index in [-0.39, 0.29) is 11.6 Å². The molecular formula is C23H31N5O2. The fourth-order valence-electron chi connectivity index (χ4n) is 6.60. The smallest absolute Gasteiger partial charge is 0.408 e. The van der Waals surface area contributed by atoms with E-state index < -0.39 is 5.60 Å². The predicted octanol–water partition coefficient (Wildman–Crippen LogP) is 3.81. The van der Waals surface area contributed by atoms with Crippen molar-refractivity contribution in [2.75, 3.05) is 17.2 Å². The van der Waals surface area contributed by atoms with Crippen LogP contribution in [0.15, 0.2) is 6.20 Å². The molecule has 1 amide bonds. The van der Waals surface area contributed by atoms with E-state index in [9.17, 15) is 10.1 Å². The number of amides is 1. The van der Waals surface area contributed by atoms with E-state index in [1.54, 1.807) is 6.20 Å². The molecule has 2 heterocycles. The first-order valence-electron chi connectivity index (χ1n) is 11.2. The Kier molecular flexibility index (Phi) is 4.39. The van der Waals surface area contributed by atoms with Gasteiger partial charge in [-0.15, -0.1) is 0 Å². The molecular weight excluding hydrogens is 378 g/mol. The lowest BCUT2D eigenvalue weighted by Crippen LogP contribution is -2.65. The van der Waals surface area contributed by atoms with E-state index in [1.807, 2.05) is 20.8 Å². The summed E-state index contributed by atoms with van der Waals surface area (Å²) in [5.74, 6) is 2.56. The van der Waals surface area contributed by atoms with Crippen LogP contribution in [0.1, 0.15) is 64.0 Å². The standard InChI is InChI=1S/C23H31N5O2/c1-22(2,3)30-21(29)28-23-8-13-6-14(9-23)18(15(7-13)10-23)27-19-16(11-24)12-26-20-17(19)4-5-25-20/h12-15,18H,4-10H2,1-3H3,(H,28,29)(H2,25,26,27). The molecule has 1 aromatic rings. The van der Waals surface area contributed by atoms with Crippen molar-refractivity contribution in [2.24, 2.45) is 17.8 Å². The lowest BCUT2D eigenvalue weighted by Gasteiger charge is -2.60. The van der Waals surface area contributed by atoms with Crippen LogP contribution in [-0.2, 0) is 11.2 Å². The third-order valence-corrected chi connectivity index (χ3v) is 7.32. The van der Waals surface area contributed by atoms with Gasteiger partial charge in [-0.3, -0.25) is 0 Å². The number of rotatable bonds is 3. The summed E-state index contributed by atoms with van der Waals surface area (Å²) in [5, 5.41) is 20.0. The van der Waals surface area contributed by atoms with Crippen LogP contribution in [0.4, 0.5) is 16.3 Å². The molecule has 0 aromatic carbocycles. The van der Waals surface area contributed by atoms with Crippen LogP contribution in [0.25, 0.3) is 0 Å². The number of nitriles is 1. The highest BCUT2D eigenvalue weighted by molar-refractivity contribution is 5.72. The van der Waals surface area contributed by atoms with Gasteiger partial charge in [0, 0.05) is 29.9 Å². The Labute approximate surface area is 178 Å². The lowest BCUT2D eigenvalue weighted by molar-refractivity contribution is -0.0348. The number of pyridine rings is 1. The number of aromatic nitrogens is 1. The maximum atomic E-state index is 12.5. The first kappa shape index (κ1) is 19.5. The van der Waals surface area contributed by atoms with Crippen LogP contribution in [-0.4, -0.2) is 34.8 Å². The number of carbonyl (C=O) groups is 1. The number of hydrogen-bond acceptors (Lipinski definition) is 6. The normalized spacial score (nSPS) is 33.4. The fourth-order valence-corrected chi connectivity index (χ4v) is 6.60. The average molecular weight is 410 g/mol. The van der Waals surface area contributed by atoms with E-state index in [0.717, 1.165) is 49.3 Å². The number of anilines is 2. The highest BCUT2D eigenvalue weighted by atomic mass is 16.6. The van der Waals surface area contributed by atoms with Crippen LogP contribution in [0, 0.1) is 29.1 Å². The minimum absolute atomic E-state index is 0.142. The van der Waals surface area contributed by atoms with Gasteiger partial charge in [0.05, 0.1) is 11.3 Å². The van der Waals surface area contributed by atoms with Gasteiger partial charge in [-0.25, -0.2) is 9.78 Å². The Hall–Kier alpha value is -2.49. The molecule has 4 fully saturated rings. The zero-order chi connectivity index (χ0) is 21.1. The van der Waals surface area contributed by atoms with Crippen molar-refractivity contribution in [1.29, 1.82) is 5.26 Å². The van der Waals surface area contributed by atoms with Crippen molar-refractivity contribution >= 4 is 17.6 Å². The summed E-state index contributed by atoms with van der Waals surface area (Å²) in [7, 11) is 0. The van der Waals surface area contributed by atoms with E-state index >= 15 is 0 Å². The third-order valence-electron chi connectivity index (χ3n) is 7.32. The van der Waals surface area contributed by atoms with Crippen molar-refractivity contribution in [3.63, 3.8) is 0 Å². The molecule has 0 radical (unpaired) electrons. The molecule has 6 rings (SSSR count). The molecule has 1 aliphatic heterocycles. The maximum absolute atomic E-state index is 12.5. The number of nitrogens with zero attached hydrogens (tertiary/aromatic N) is 2. The second-order valence-corrected chi connectivity index (χ2v) is 10.7. The Bertz CT molecular complexity index is 899. The Morgan fingerprint density at radius 3 is 2.70 bits per heavy atom. The zero-order valence-electron chi connectivity index (χ0n) is 18.0. The summed E-state index contributed by atoms with van der Waals surface area (Å²) >= 11 is 0. The van der Waals surface area contributed by atoms with Gasteiger partial charge >= 0.3 is 6.09 Å². The van der Waals surface area contributed by atoms with Gasteiger partial charge in [0.1, 0.15) is 17.5 Å². The van der Waals surface area contributed by atoms with E-state index in [0.29, 0.717) is 29.4 Å². The second kappa shape index (κ2) is 6.76. The Morgan fingerprint density at radius 1 is 1.30 bits per heavy atom. The van der Waals surface area contributed by atoms with Crippen molar-refractivity contribution in [2.45, 2.75) is 76.5 Å². The molecule has 30 heavy (non-hydrogen) atoms. The summed E-state index contributed by atoms with van der Waals surface area (Å²) in [6.07, 6.45) is 7.69. The van der Waals surface area contributed by atoms with E-state index in [4.69, 9.17) is 4.74 Å². The predicted molar refractivity (Wildman–Crippen MR) is 114 cm³/mol. The van der Waals surface area contributed by atoms with Gasteiger partial charge in [-0.05, 0) is 77.0 Å². The monoisotopic (exact) mass is 409 g/mol. The molecule has 7 heteroatoms. The molecule has 0 saturated heterocycles. The highest BCUT2D eigenvalue weighted by Crippen LogP contribution is 2.56. The number of carbonyl (C=O) groups excluding carboxylic acids is 1. The van der Waals surface area contributed by atoms with Crippen molar-refractivity contribution in [3.8, 4) is 6.07 Å². The number of fused-ring (bicyclic) bond motifs is 1.